The van der Waals surface area contributed by atoms with Crippen LogP contribution in [0.2, 0.25) is 0 Å². The Morgan fingerprint density at radius 2 is 1.82 bits per heavy atom. The lowest BCUT2D eigenvalue weighted by atomic mass is 9.83. The van der Waals surface area contributed by atoms with Gasteiger partial charge in [-0.15, -0.1) is 12.4 Å². The number of amides is 1. The summed E-state index contributed by atoms with van der Waals surface area (Å²) >= 11 is 0. The summed E-state index contributed by atoms with van der Waals surface area (Å²) in [7, 11) is 0. The van der Waals surface area contributed by atoms with Gasteiger partial charge in [0, 0.05) is 31.7 Å². The Bertz CT molecular complexity index is 578. The Morgan fingerprint density at radius 1 is 1.11 bits per heavy atom. The van der Waals surface area contributed by atoms with Gasteiger partial charge in [-0.3, -0.25) is 4.79 Å². The van der Waals surface area contributed by atoms with Crippen molar-refractivity contribution in [1.29, 1.82) is 0 Å². The second-order valence-corrected chi connectivity index (χ2v) is 7.90. The third kappa shape index (κ3) is 6.45. The molecule has 0 unspecified atom stereocenters. The maximum absolute atomic E-state index is 13.0. The minimum Gasteiger partial charge on any atom is -0.377 e. The molecule has 1 aromatic carbocycles. The SMILES string of the molecule is CCCO[C@@H]1C[C@@H](C(=O)N2CCC(OCc3ccccc3)CC2)CC[C@H]1N.Cl. The molecule has 1 saturated heterocycles. The number of nitrogens with zero attached hydrogens (tertiary/aromatic N) is 1. The number of nitrogens with two attached hydrogens (primary N) is 1. The third-order valence-electron chi connectivity index (χ3n) is 5.81. The quantitative estimate of drug-likeness (QED) is 0.746. The van der Waals surface area contributed by atoms with Gasteiger partial charge < -0.3 is 20.1 Å². The molecule has 1 aliphatic heterocycles. The van der Waals surface area contributed by atoms with Crippen LogP contribution >= 0.6 is 12.4 Å². The maximum atomic E-state index is 13.0. The highest BCUT2D eigenvalue weighted by Crippen LogP contribution is 2.29. The first kappa shape index (κ1) is 23.1. The second-order valence-electron chi connectivity index (χ2n) is 7.90. The van der Waals surface area contributed by atoms with E-state index in [-0.39, 0.29) is 42.5 Å². The number of carbonyl (C=O) groups excluding carboxylic acids is 1. The molecule has 1 amide bonds. The summed E-state index contributed by atoms with van der Waals surface area (Å²) in [5.74, 6) is 0.349. The Morgan fingerprint density at radius 3 is 2.50 bits per heavy atom. The Hall–Kier alpha value is -1.14. The summed E-state index contributed by atoms with van der Waals surface area (Å²) in [4.78, 5) is 15.0. The Balaban J connectivity index is 0.00000280. The minimum atomic E-state index is 0. The molecule has 6 heteroatoms. The van der Waals surface area contributed by atoms with E-state index in [4.69, 9.17) is 15.2 Å². The largest absolute Gasteiger partial charge is 0.377 e. The molecule has 0 spiro atoms. The van der Waals surface area contributed by atoms with E-state index in [1.165, 1.54) is 5.56 Å². The van der Waals surface area contributed by atoms with Crippen molar-refractivity contribution >= 4 is 18.3 Å². The smallest absolute Gasteiger partial charge is 0.225 e. The average Bonchev–Trinajstić information content (AvgIpc) is 2.72. The monoisotopic (exact) mass is 410 g/mol. The van der Waals surface area contributed by atoms with E-state index < -0.39 is 0 Å². The lowest BCUT2D eigenvalue weighted by Crippen LogP contribution is -2.49. The summed E-state index contributed by atoms with van der Waals surface area (Å²) in [5.41, 5.74) is 7.40. The van der Waals surface area contributed by atoms with Crippen molar-refractivity contribution in [2.24, 2.45) is 11.7 Å². The number of rotatable bonds is 7. The number of benzene rings is 1. The number of hydrogen-bond acceptors (Lipinski definition) is 4. The molecule has 1 saturated carbocycles. The fourth-order valence-electron chi connectivity index (χ4n) is 4.13. The second kappa shape index (κ2) is 11.8. The molecule has 5 nitrogen and oxygen atoms in total. The number of piperidine rings is 1. The van der Waals surface area contributed by atoms with Crippen LogP contribution in [-0.4, -0.2) is 48.8 Å². The molecule has 2 fully saturated rings. The maximum Gasteiger partial charge on any atom is 0.225 e. The van der Waals surface area contributed by atoms with Gasteiger partial charge in [-0.2, -0.15) is 0 Å². The van der Waals surface area contributed by atoms with E-state index >= 15 is 0 Å². The molecule has 3 rings (SSSR count). The van der Waals surface area contributed by atoms with Crippen LogP contribution in [-0.2, 0) is 20.9 Å². The topological polar surface area (TPSA) is 64.8 Å². The Labute approximate surface area is 175 Å². The first-order valence-corrected chi connectivity index (χ1v) is 10.5. The highest BCUT2D eigenvalue weighted by molar-refractivity contribution is 5.85. The first-order chi connectivity index (χ1) is 13.2. The van der Waals surface area contributed by atoms with E-state index in [9.17, 15) is 4.79 Å². The molecule has 158 valence electrons. The van der Waals surface area contributed by atoms with E-state index in [2.05, 4.69) is 19.1 Å². The number of halogens is 1. The molecule has 28 heavy (non-hydrogen) atoms. The van der Waals surface area contributed by atoms with Crippen molar-refractivity contribution in [3.05, 3.63) is 35.9 Å². The third-order valence-corrected chi connectivity index (χ3v) is 5.81. The van der Waals surface area contributed by atoms with Gasteiger partial charge in [0.2, 0.25) is 5.91 Å². The number of hydrogen-bond donors (Lipinski definition) is 1. The van der Waals surface area contributed by atoms with Crippen LogP contribution in [0.25, 0.3) is 0 Å². The molecule has 1 aliphatic carbocycles. The highest BCUT2D eigenvalue weighted by atomic mass is 35.5. The fourth-order valence-corrected chi connectivity index (χ4v) is 4.13. The summed E-state index contributed by atoms with van der Waals surface area (Å²) in [6.45, 7) is 5.06. The predicted octanol–water partition coefficient (Wildman–Crippen LogP) is 3.54. The van der Waals surface area contributed by atoms with Crippen molar-refractivity contribution in [2.75, 3.05) is 19.7 Å². The molecular formula is C22H35ClN2O3. The highest BCUT2D eigenvalue weighted by Gasteiger charge is 2.35. The van der Waals surface area contributed by atoms with E-state index in [0.717, 1.165) is 58.2 Å². The molecule has 0 aromatic heterocycles. The summed E-state index contributed by atoms with van der Waals surface area (Å²) in [6, 6.07) is 10.3. The molecule has 3 atom stereocenters. The van der Waals surface area contributed by atoms with Crippen LogP contribution in [0.4, 0.5) is 0 Å². The van der Waals surface area contributed by atoms with E-state index in [0.29, 0.717) is 6.61 Å². The van der Waals surface area contributed by atoms with Gasteiger partial charge in [0.15, 0.2) is 0 Å². The van der Waals surface area contributed by atoms with Gasteiger partial charge in [-0.25, -0.2) is 0 Å². The minimum absolute atomic E-state index is 0. The Kier molecular flexibility index (Phi) is 9.72. The molecule has 1 aromatic rings. The van der Waals surface area contributed by atoms with Crippen molar-refractivity contribution < 1.29 is 14.3 Å². The van der Waals surface area contributed by atoms with Crippen LogP contribution in [0.5, 0.6) is 0 Å². The van der Waals surface area contributed by atoms with Crippen molar-refractivity contribution in [1.82, 2.24) is 4.90 Å². The lowest BCUT2D eigenvalue weighted by molar-refractivity contribution is -0.141. The summed E-state index contributed by atoms with van der Waals surface area (Å²) in [5, 5.41) is 0. The fraction of sp³-hybridized carbons (Fsp3) is 0.682. The zero-order valence-corrected chi connectivity index (χ0v) is 17.7. The van der Waals surface area contributed by atoms with Crippen molar-refractivity contribution in [3.8, 4) is 0 Å². The van der Waals surface area contributed by atoms with Crippen LogP contribution in [0.15, 0.2) is 30.3 Å². The van der Waals surface area contributed by atoms with E-state index in [1.54, 1.807) is 0 Å². The van der Waals surface area contributed by atoms with Gasteiger partial charge in [0.1, 0.15) is 0 Å². The number of ether oxygens (including phenoxy) is 2. The first-order valence-electron chi connectivity index (χ1n) is 10.5. The van der Waals surface area contributed by atoms with Crippen molar-refractivity contribution in [2.45, 2.75) is 70.3 Å². The molecular weight excluding hydrogens is 376 g/mol. The van der Waals surface area contributed by atoms with Gasteiger partial charge >= 0.3 is 0 Å². The van der Waals surface area contributed by atoms with Gasteiger partial charge in [-0.1, -0.05) is 37.3 Å². The lowest BCUT2D eigenvalue weighted by Gasteiger charge is -2.38. The van der Waals surface area contributed by atoms with Crippen LogP contribution in [0.3, 0.4) is 0 Å². The number of carbonyl (C=O) groups is 1. The van der Waals surface area contributed by atoms with Crippen LogP contribution in [0.1, 0.15) is 51.0 Å². The van der Waals surface area contributed by atoms with Gasteiger partial charge in [0.25, 0.3) is 0 Å². The molecule has 0 radical (unpaired) electrons. The summed E-state index contributed by atoms with van der Waals surface area (Å²) in [6.07, 6.45) is 5.62. The molecule has 2 N–H and O–H groups in total. The molecule has 1 heterocycles. The normalized spacial score (nSPS) is 25.9. The molecule has 2 aliphatic rings. The van der Waals surface area contributed by atoms with Crippen LogP contribution in [0, 0.1) is 5.92 Å². The van der Waals surface area contributed by atoms with Crippen LogP contribution < -0.4 is 5.73 Å². The zero-order chi connectivity index (χ0) is 19.1. The number of likely N-dealkylation sites (tertiary alicyclic amines) is 1. The molecule has 0 bridgehead atoms. The van der Waals surface area contributed by atoms with Gasteiger partial charge in [0.05, 0.1) is 18.8 Å². The summed E-state index contributed by atoms with van der Waals surface area (Å²) < 4.78 is 11.9. The van der Waals surface area contributed by atoms with E-state index in [1.807, 2.05) is 23.1 Å². The van der Waals surface area contributed by atoms with Crippen molar-refractivity contribution in [3.63, 3.8) is 0 Å². The predicted molar refractivity (Wildman–Crippen MR) is 113 cm³/mol. The zero-order valence-electron chi connectivity index (χ0n) is 16.9. The average molecular weight is 411 g/mol. The standard InChI is InChI=1S/C22H34N2O3.ClH/c1-2-14-26-21-15-18(8-9-20(21)23)22(25)24-12-10-19(11-13-24)27-16-17-6-4-3-5-7-17;/h3-7,18-21H,2,8-16,23H2,1H3;1H/t18-,20+,21+;/m0./s1. The van der Waals surface area contributed by atoms with Gasteiger partial charge in [-0.05, 0) is 44.1 Å².